The lowest BCUT2D eigenvalue weighted by molar-refractivity contribution is 0.0394. The fraction of sp³-hybridized carbons (Fsp3) is 0.250. The van der Waals surface area contributed by atoms with E-state index in [9.17, 15) is 4.39 Å². The van der Waals surface area contributed by atoms with Crippen molar-refractivity contribution in [1.82, 2.24) is 19.9 Å². The number of rotatable bonds is 3. The van der Waals surface area contributed by atoms with E-state index in [0.717, 1.165) is 17.0 Å². The summed E-state index contributed by atoms with van der Waals surface area (Å²) in [7, 11) is 0. The SMILES string of the molecule is Cc1cc([C@@H]2CN(c3cc4nc(C)cnc4c(-c4ccc(Cl)cc4F)n3)CCO2)ccn1. The second kappa shape index (κ2) is 8.41. The molecule has 0 amide bonds. The molecule has 0 spiro atoms. The summed E-state index contributed by atoms with van der Waals surface area (Å²) in [4.78, 5) is 20.4. The first-order valence-electron chi connectivity index (χ1n) is 10.4. The first-order valence-corrected chi connectivity index (χ1v) is 10.7. The van der Waals surface area contributed by atoms with Crippen molar-refractivity contribution in [2.24, 2.45) is 0 Å². The fourth-order valence-corrected chi connectivity index (χ4v) is 4.12. The maximum atomic E-state index is 14.8. The number of benzene rings is 1. The molecular formula is C24H21ClFN5O. The Morgan fingerprint density at radius 1 is 1.06 bits per heavy atom. The minimum atomic E-state index is -0.446. The Labute approximate surface area is 190 Å². The summed E-state index contributed by atoms with van der Waals surface area (Å²) in [6.07, 6.45) is 3.35. The van der Waals surface area contributed by atoms with Gasteiger partial charge in [0.15, 0.2) is 0 Å². The number of ether oxygens (including phenoxy) is 1. The molecule has 1 saturated heterocycles. The van der Waals surface area contributed by atoms with Crippen molar-refractivity contribution in [3.05, 3.63) is 76.6 Å². The standard InChI is InChI=1S/C24H21ClFN5O/c1-14-9-16(5-6-27-14)21-13-31(7-8-32-21)22-11-20-24(28-12-15(2)29-20)23(30-22)18-4-3-17(25)10-19(18)26/h3-6,9-12,21H,7-8,13H2,1-2H3/t21-/m0/s1. The van der Waals surface area contributed by atoms with E-state index >= 15 is 0 Å². The van der Waals surface area contributed by atoms with E-state index < -0.39 is 5.82 Å². The Morgan fingerprint density at radius 3 is 2.75 bits per heavy atom. The molecule has 32 heavy (non-hydrogen) atoms. The molecule has 0 radical (unpaired) electrons. The number of hydrogen-bond donors (Lipinski definition) is 0. The quantitative estimate of drug-likeness (QED) is 0.435. The van der Waals surface area contributed by atoms with Gasteiger partial charge in [0.1, 0.15) is 28.9 Å². The van der Waals surface area contributed by atoms with Crippen LogP contribution in [0.3, 0.4) is 0 Å². The zero-order valence-electron chi connectivity index (χ0n) is 17.7. The molecule has 1 fully saturated rings. The topological polar surface area (TPSA) is 64.0 Å². The van der Waals surface area contributed by atoms with Gasteiger partial charge >= 0.3 is 0 Å². The average molecular weight is 450 g/mol. The highest BCUT2D eigenvalue weighted by Crippen LogP contribution is 2.33. The van der Waals surface area contributed by atoms with Crippen LogP contribution in [-0.2, 0) is 4.74 Å². The van der Waals surface area contributed by atoms with Gasteiger partial charge in [-0.15, -0.1) is 0 Å². The predicted molar refractivity (Wildman–Crippen MR) is 122 cm³/mol. The second-order valence-corrected chi connectivity index (χ2v) is 8.30. The summed E-state index contributed by atoms with van der Waals surface area (Å²) < 4.78 is 20.9. The number of aromatic nitrogens is 4. The third-order valence-corrected chi connectivity index (χ3v) is 5.74. The van der Waals surface area contributed by atoms with Crippen LogP contribution in [-0.4, -0.2) is 39.6 Å². The number of nitrogens with zero attached hydrogens (tertiary/aromatic N) is 5. The normalized spacial score (nSPS) is 16.5. The molecule has 1 aliphatic heterocycles. The zero-order chi connectivity index (χ0) is 22.2. The van der Waals surface area contributed by atoms with E-state index in [1.54, 1.807) is 24.5 Å². The van der Waals surface area contributed by atoms with E-state index in [1.165, 1.54) is 6.07 Å². The largest absolute Gasteiger partial charge is 0.370 e. The molecule has 5 rings (SSSR count). The van der Waals surface area contributed by atoms with Crippen LogP contribution >= 0.6 is 11.6 Å². The highest BCUT2D eigenvalue weighted by atomic mass is 35.5. The van der Waals surface area contributed by atoms with Crippen LogP contribution in [0.4, 0.5) is 10.2 Å². The Balaban J connectivity index is 1.59. The van der Waals surface area contributed by atoms with E-state index in [-0.39, 0.29) is 6.10 Å². The van der Waals surface area contributed by atoms with Gasteiger partial charge in [-0.25, -0.2) is 14.4 Å². The average Bonchev–Trinajstić information content (AvgIpc) is 2.78. The van der Waals surface area contributed by atoms with Crippen molar-refractivity contribution in [3.63, 3.8) is 0 Å². The number of aryl methyl sites for hydroxylation is 2. The number of halogens is 2. The smallest absolute Gasteiger partial charge is 0.134 e. The minimum Gasteiger partial charge on any atom is -0.370 e. The van der Waals surface area contributed by atoms with Crippen LogP contribution in [0, 0.1) is 19.7 Å². The van der Waals surface area contributed by atoms with Crippen molar-refractivity contribution >= 4 is 28.5 Å². The molecule has 8 heteroatoms. The third kappa shape index (κ3) is 4.01. The van der Waals surface area contributed by atoms with E-state index in [2.05, 4.69) is 19.9 Å². The van der Waals surface area contributed by atoms with Crippen LogP contribution in [0.2, 0.25) is 5.02 Å². The fourth-order valence-electron chi connectivity index (χ4n) is 3.96. The highest BCUT2D eigenvalue weighted by molar-refractivity contribution is 6.30. The van der Waals surface area contributed by atoms with Crippen molar-refractivity contribution in [2.75, 3.05) is 24.6 Å². The van der Waals surface area contributed by atoms with Gasteiger partial charge in [-0.2, -0.15) is 0 Å². The molecule has 1 aromatic carbocycles. The number of pyridine rings is 2. The number of morpholine rings is 1. The predicted octanol–water partition coefficient (Wildman–Crippen LogP) is 5.07. The van der Waals surface area contributed by atoms with Crippen molar-refractivity contribution < 1.29 is 9.13 Å². The summed E-state index contributed by atoms with van der Waals surface area (Å²) in [5.74, 6) is 0.263. The second-order valence-electron chi connectivity index (χ2n) is 7.87. The summed E-state index contributed by atoms with van der Waals surface area (Å²) in [6, 6.07) is 10.5. The van der Waals surface area contributed by atoms with Gasteiger partial charge in [-0.3, -0.25) is 9.97 Å². The van der Waals surface area contributed by atoms with E-state index in [4.69, 9.17) is 21.3 Å². The van der Waals surface area contributed by atoms with Crippen LogP contribution in [0.15, 0.2) is 48.8 Å². The van der Waals surface area contributed by atoms with Gasteiger partial charge in [0.05, 0.1) is 17.8 Å². The molecule has 4 heterocycles. The molecule has 0 unspecified atom stereocenters. The van der Waals surface area contributed by atoms with E-state index in [1.807, 2.05) is 32.0 Å². The van der Waals surface area contributed by atoms with Gasteiger partial charge < -0.3 is 9.64 Å². The van der Waals surface area contributed by atoms with Crippen LogP contribution in [0.1, 0.15) is 23.1 Å². The lowest BCUT2D eigenvalue weighted by Crippen LogP contribution is -2.39. The van der Waals surface area contributed by atoms with E-state index in [0.29, 0.717) is 52.8 Å². The zero-order valence-corrected chi connectivity index (χ0v) is 18.5. The Kier molecular flexibility index (Phi) is 5.45. The molecule has 162 valence electrons. The molecule has 0 bridgehead atoms. The van der Waals surface area contributed by atoms with Crippen molar-refractivity contribution in [3.8, 4) is 11.3 Å². The van der Waals surface area contributed by atoms with Crippen molar-refractivity contribution in [2.45, 2.75) is 20.0 Å². The molecule has 0 saturated carbocycles. The Hall–Kier alpha value is -3.16. The summed E-state index contributed by atoms with van der Waals surface area (Å²) in [5, 5.41) is 0.331. The molecule has 0 aliphatic carbocycles. The van der Waals surface area contributed by atoms with Gasteiger partial charge in [-0.05, 0) is 49.7 Å². The highest BCUT2D eigenvalue weighted by Gasteiger charge is 2.25. The first-order chi connectivity index (χ1) is 15.5. The lowest BCUT2D eigenvalue weighted by atomic mass is 10.1. The number of fused-ring (bicyclic) bond motifs is 1. The Morgan fingerprint density at radius 2 is 1.94 bits per heavy atom. The molecule has 0 N–H and O–H groups in total. The lowest BCUT2D eigenvalue weighted by Gasteiger charge is -2.34. The Bertz CT molecular complexity index is 1320. The van der Waals surface area contributed by atoms with Crippen LogP contribution in [0.25, 0.3) is 22.3 Å². The number of anilines is 1. The molecule has 4 aromatic rings. The molecule has 6 nitrogen and oxygen atoms in total. The summed E-state index contributed by atoms with van der Waals surface area (Å²) in [5.41, 5.74) is 4.80. The van der Waals surface area contributed by atoms with Crippen molar-refractivity contribution in [1.29, 1.82) is 0 Å². The summed E-state index contributed by atoms with van der Waals surface area (Å²) in [6.45, 7) is 5.68. The molecule has 3 aromatic heterocycles. The first kappa shape index (κ1) is 20.7. The molecular weight excluding hydrogens is 429 g/mol. The van der Waals surface area contributed by atoms with Crippen LogP contribution < -0.4 is 4.90 Å². The van der Waals surface area contributed by atoms with Gasteiger partial charge in [0, 0.05) is 47.8 Å². The monoisotopic (exact) mass is 449 g/mol. The number of hydrogen-bond acceptors (Lipinski definition) is 6. The summed E-state index contributed by atoms with van der Waals surface area (Å²) >= 11 is 5.97. The molecule has 1 atom stereocenters. The maximum absolute atomic E-state index is 14.8. The maximum Gasteiger partial charge on any atom is 0.134 e. The van der Waals surface area contributed by atoms with Gasteiger partial charge in [-0.1, -0.05) is 11.6 Å². The third-order valence-electron chi connectivity index (χ3n) is 5.51. The van der Waals surface area contributed by atoms with Crippen LogP contribution in [0.5, 0.6) is 0 Å². The minimum absolute atomic E-state index is 0.109. The van der Waals surface area contributed by atoms with Gasteiger partial charge in [0.2, 0.25) is 0 Å². The molecule has 1 aliphatic rings. The van der Waals surface area contributed by atoms with Gasteiger partial charge in [0.25, 0.3) is 0 Å².